The van der Waals surface area contributed by atoms with Crippen LogP contribution in [0.4, 0.5) is 0 Å². The van der Waals surface area contributed by atoms with Crippen molar-refractivity contribution in [3.05, 3.63) is 35.9 Å². The highest BCUT2D eigenvalue weighted by molar-refractivity contribution is 5.79. The van der Waals surface area contributed by atoms with Gasteiger partial charge in [-0.1, -0.05) is 30.3 Å². The first kappa shape index (κ1) is 13.6. The van der Waals surface area contributed by atoms with Gasteiger partial charge >= 0.3 is 0 Å². The van der Waals surface area contributed by atoms with Crippen molar-refractivity contribution in [2.45, 2.75) is 32.7 Å². The van der Waals surface area contributed by atoms with Crippen LogP contribution in [0.25, 0.3) is 0 Å². The van der Waals surface area contributed by atoms with Gasteiger partial charge < -0.3 is 10.6 Å². The standard InChI is InChI=1S/C14H23N3/c1-12(2)17-14(15-3)16-11-7-10-13-8-5-4-6-9-13/h4-6,8-9,12H,7,10-11H2,1-3H3,(H2,15,16,17). The summed E-state index contributed by atoms with van der Waals surface area (Å²) in [4.78, 5) is 4.17. The minimum atomic E-state index is 0.412. The quantitative estimate of drug-likeness (QED) is 0.465. The van der Waals surface area contributed by atoms with Crippen LogP contribution in [-0.4, -0.2) is 25.6 Å². The highest BCUT2D eigenvalue weighted by Gasteiger charge is 1.98. The average molecular weight is 233 g/mol. The molecular weight excluding hydrogens is 210 g/mol. The number of rotatable bonds is 5. The number of nitrogens with one attached hydrogen (secondary N) is 2. The molecule has 0 amide bonds. The first-order chi connectivity index (χ1) is 8.22. The SMILES string of the molecule is CN=C(NCCCc1ccccc1)NC(C)C. The zero-order valence-corrected chi connectivity index (χ0v) is 11.0. The Bertz CT molecular complexity index is 331. The van der Waals surface area contributed by atoms with E-state index in [-0.39, 0.29) is 0 Å². The summed E-state index contributed by atoms with van der Waals surface area (Å²) in [6.45, 7) is 5.16. The lowest BCUT2D eigenvalue weighted by Crippen LogP contribution is -2.41. The van der Waals surface area contributed by atoms with Crippen molar-refractivity contribution in [3.63, 3.8) is 0 Å². The average Bonchev–Trinajstić information content (AvgIpc) is 2.34. The van der Waals surface area contributed by atoms with Crippen LogP contribution in [0, 0.1) is 0 Å². The molecule has 0 unspecified atom stereocenters. The van der Waals surface area contributed by atoms with E-state index in [1.807, 2.05) is 0 Å². The van der Waals surface area contributed by atoms with Crippen molar-refractivity contribution >= 4 is 5.96 Å². The van der Waals surface area contributed by atoms with Gasteiger partial charge in [-0.15, -0.1) is 0 Å². The zero-order valence-electron chi connectivity index (χ0n) is 11.0. The molecule has 1 aromatic carbocycles. The molecule has 0 radical (unpaired) electrons. The van der Waals surface area contributed by atoms with Gasteiger partial charge in [0.2, 0.25) is 0 Å². The fraction of sp³-hybridized carbons (Fsp3) is 0.500. The normalized spacial score (nSPS) is 11.6. The lowest BCUT2D eigenvalue weighted by atomic mass is 10.1. The van der Waals surface area contributed by atoms with Gasteiger partial charge in [-0.05, 0) is 32.3 Å². The van der Waals surface area contributed by atoms with E-state index in [4.69, 9.17) is 0 Å². The van der Waals surface area contributed by atoms with Crippen molar-refractivity contribution < 1.29 is 0 Å². The van der Waals surface area contributed by atoms with Gasteiger partial charge in [0, 0.05) is 19.6 Å². The second-order valence-electron chi connectivity index (χ2n) is 4.39. The third kappa shape index (κ3) is 5.95. The van der Waals surface area contributed by atoms with Crippen molar-refractivity contribution in [3.8, 4) is 0 Å². The predicted octanol–water partition coefficient (Wildman–Crippen LogP) is 2.19. The van der Waals surface area contributed by atoms with Gasteiger partial charge in [-0.25, -0.2) is 0 Å². The molecule has 0 aliphatic carbocycles. The summed E-state index contributed by atoms with van der Waals surface area (Å²) in [6, 6.07) is 11.0. The summed E-state index contributed by atoms with van der Waals surface area (Å²) in [5.74, 6) is 0.882. The summed E-state index contributed by atoms with van der Waals surface area (Å²) in [7, 11) is 1.80. The van der Waals surface area contributed by atoms with Gasteiger partial charge in [0.15, 0.2) is 5.96 Å². The molecule has 2 N–H and O–H groups in total. The maximum atomic E-state index is 4.17. The molecule has 3 heteroatoms. The van der Waals surface area contributed by atoms with E-state index in [9.17, 15) is 0 Å². The third-order valence-corrected chi connectivity index (χ3v) is 2.43. The molecule has 1 aromatic rings. The Morgan fingerprint density at radius 3 is 2.53 bits per heavy atom. The van der Waals surface area contributed by atoms with Crippen LogP contribution in [0.15, 0.2) is 35.3 Å². The molecule has 0 heterocycles. The summed E-state index contributed by atoms with van der Waals surface area (Å²) >= 11 is 0. The van der Waals surface area contributed by atoms with Crippen LogP contribution in [0.2, 0.25) is 0 Å². The fourth-order valence-corrected chi connectivity index (χ4v) is 1.61. The number of nitrogens with zero attached hydrogens (tertiary/aromatic N) is 1. The largest absolute Gasteiger partial charge is 0.356 e. The Morgan fingerprint density at radius 1 is 1.24 bits per heavy atom. The van der Waals surface area contributed by atoms with Crippen molar-refractivity contribution in [2.75, 3.05) is 13.6 Å². The Balaban J connectivity index is 2.19. The first-order valence-electron chi connectivity index (χ1n) is 6.23. The number of hydrogen-bond donors (Lipinski definition) is 2. The Labute approximate surface area is 104 Å². The Morgan fingerprint density at radius 2 is 1.94 bits per heavy atom. The van der Waals surface area contributed by atoms with E-state index in [0.29, 0.717) is 6.04 Å². The van der Waals surface area contributed by atoms with Crippen LogP contribution in [0.5, 0.6) is 0 Å². The monoisotopic (exact) mass is 233 g/mol. The second kappa shape index (κ2) is 7.71. The first-order valence-corrected chi connectivity index (χ1v) is 6.23. The minimum absolute atomic E-state index is 0.412. The summed E-state index contributed by atoms with van der Waals surface area (Å²) in [5.41, 5.74) is 1.39. The van der Waals surface area contributed by atoms with Crippen LogP contribution < -0.4 is 10.6 Å². The van der Waals surface area contributed by atoms with Crippen LogP contribution in [0.1, 0.15) is 25.8 Å². The summed E-state index contributed by atoms with van der Waals surface area (Å²) < 4.78 is 0. The summed E-state index contributed by atoms with van der Waals surface area (Å²) in [6.07, 6.45) is 2.22. The van der Waals surface area contributed by atoms with E-state index in [1.54, 1.807) is 7.05 Å². The van der Waals surface area contributed by atoms with Gasteiger partial charge in [-0.3, -0.25) is 4.99 Å². The van der Waals surface area contributed by atoms with Crippen LogP contribution in [0.3, 0.4) is 0 Å². The van der Waals surface area contributed by atoms with Crippen LogP contribution >= 0.6 is 0 Å². The minimum Gasteiger partial charge on any atom is -0.356 e. The van der Waals surface area contributed by atoms with E-state index < -0.39 is 0 Å². The number of benzene rings is 1. The number of aryl methyl sites for hydroxylation is 1. The van der Waals surface area contributed by atoms with Gasteiger partial charge in [0.25, 0.3) is 0 Å². The summed E-state index contributed by atoms with van der Waals surface area (Å²) in [5, 5.41) is 6.58. The predicted molar refractivity (Wildman–Crippen MR) is 74.4 cm³/mol. The molecule has 0 fully saturated rings. The maximum Gasteiger partial charge on any atom is 0.191 e. The molecule has 0 saturated heterocycles. The lowest BCUT2D eigenvalue weighted by molar-refractivity contribution is 0.685. The van der Waals surface area contributed by atoms with Crippen LogP contribution in [-0.2, 0) is 6.42 Å². The van der Waals surface area contributed by atoms with E-state index in [2.05, 4.69) is 59.8 Å². The zero-order chi connectivity index (χ0) is 12.5. The Kier molecular flexibility index (Phi) is 6.15. The second-order valence-corrected chi connectivity index (χ2v) is 4.39. The molecule has 0 spiro atoms. The van der Waals surface area contributed by atoms with Gasteiger partial charge in [0.05, 0.1) is 0 Å². The van der Waals surface area contributed by atoms with E-state index in [1.165, 1.54) is 5.56 Å². The van der Waals surface area contributed by atoms with Crippen molar-refractivity contribution in [1.29, 1.82) is 0 Å². The lowest BCUT2D eigenvalue weighted by Gasteiger charge is -2.14. The maximum absolute atomic E-state index is 4.17. The highest BCUT2D eigenvalue weighted by Crippen LogP contribution is 2.01. The molecule has 0 atom stereocenters. The smallest absolute Gasteiger partial charge is 0.191 e. The number of aliphatic imine (C=N–C) groups is 1. The molecule has 0 aromatic heterocycles. The van der Waals surface area contributed by atoms with Crippen molar-refractivity contribution in [1.82, 2.24) is 10.6 Å². The number of hydrogen-bond acceptors (Lipinski definition) is 1. The highest BCUT2D eigenvalue weighted by atomic mass is 15.2. The van der Waals surface area contributed by atoms with Gasteiger partial charge in [0.1, 0.15) is 0 Å². The molecular formula is C14H23N3. The third-order valence-electron chi connectivity index (χ3n) is 2.43. The molecule has 0 aliphatic rings. The van der Waals surface area contributed by atoms with Crippen molar-refractivity contribution in [2.24, 2.45) is 4.99 Å². The van der Waals surface area contributed by atoms with Gasteiger partial charge in [-0.2, -0.15) is 0 Å². The molecule has 94 valence electrons. The van der Waals surface area contributed by atoms with E-state index >= 15 is 0 Å². The molecule has 0 bridgehead atoms. The Hall–Kier alpha value is -1.51. The fourth-order valence-electron chi connectivity index (χ4n) is 1.61. The number of guanidine groups is 1. The molecule has 0 saturated carbocycles. The molecule has 0 aliphatic heterocycles. The molecule has 1 rings (SSSR count). The molecule has 17 heavy (non-hydrogen) atoms. The molecule has 3 nitrogen and oxygen atoms in total. The van der Waals surface area contributed by atoms with E-state index in [0.717, 1.165) is 25.3 Å². The topological polar surface area (TPSA) is 36.4 Å².